The lowest BCUT2D eigenvalue weighted by Crippen LogP contribution is -2.58. The van der Waals surface area contributed by atoms with Crippen molar-refractivity contribution in [2.24, 2.45) is 11.7 Å². The number of nitrogens with one attached hydrogen (secondary N) is 3. The molecule has 0 bridgehead atoms. The lowest BCUT2D eigenvalue weighted by molar-refractivity contribution is -0.144. The summed E-state index contributed by atoms with van der Waals surface area (Å²) in [4.78, 5) is 61.5. The first-order valence-electron chi connectivity index (χ1n) is 12.3. The smallest absolute Gasteiger partial charge is 0.326 e. The fourth-order valence-corrected chi connectivity index (χ4v) is 3.95. The number of phenols is 1. The van der Waals surface area contributed by atoms with Gasteiger partial charge in [0.05, 0.1) is 6.04 Å². The quantitative estimate of drug-likeness (QED) is 0.141. The van der Waals surface area contributed by atoms with Crippen LogP contribution in [0, 0.1) is 5.92 Å². The van der Waals surface area contributed by atoms with E-state index in [4.69, 9.17) is 10.8 Å². The molecule has 0 aromatic heterocycles. The molecule has 5 unspecified atom stereocenters. The number of carboxylic acid groups (broad SMARTS) is 2. The van der Waals surface area contributed by atoms with Crippen LogP contribution in [0.3, 0.4) is 0 Å². The van der Waals surface area contributed by atoms with Crippen molar-refractivity contribution < 1.29 is 39.3 Å². The maximum Gasteiger partial charge on any atom is 0.326 e. The van der Waals surface area contributed by atoms with Crippen molar-refractivity contribution >= 4 is 41.4 Å². The SMILES string of the molecule is CCC(C)C(NC(=O)C(Cc1ccc(O)cc1)NC(=O)C(CCSC)NC(=O)C(N)CCC(=O)O)C(=O)O. The number of phenolic OH excluding ortho intramolecular Hbond substituents is 1. The van der Waals surface area contributed by atoms with Gasteiger partial charge < -0.3 is 37.0 Å². The van der Waals surface area contributed by atoms with Crippen molar-refractivity contribution in [1.82, 2.24) is 16.0 Å². The molecule has 0 heterocycles. The average Bonchev–Trinajstić information content (AvgIpc) is 2.87. The van der Waals surface area contributed by atoms with Crippen LogP contribution in [0.25, 0.3) is 0 Å². The Balaban J connectivity index is 3.14. The summed E-state index contributed by atoms with van der Waals surface area (Å²) in [5.41, 5.74) is 6.37. The molecule has 5 atom stereocenters. The molecule has 8 N–H and O–H groups in total. The molecule has 0 saturated heterocycles. The summed E-state index contributed by atoms with van der Waals surface area (Å²) >= 11 is 1.43. The number of rotatable bonds is 17. The number of carboxylic acids is 2. The van der Waals surface area contributed by atoms with Gasteiger partial charge in [-0.3, -0.25) is 19.2 Å². The van der Waals surface area contributed by atoms with Gasteiger partial charge in [-0.25, -0.2) is 4.79 Å². The van der Waals surface area contributed by atoms with Crippen molar-refractivity contribution in [3.05, 3.63) is 29.8 Å². The lowest BCUT2D eigenvalue weighted by Gasteiger charge is -2.26. The normalized spacial score (nSPS) is 14.8. The number of nitrogens with two attached hydrogens (primary N) is 1. The molecule has 1 aromatic carbocycles. The maximum atomic E-state index is 13.2. The Morgan fingerprint density at radius 2 is 1.50 bits per heavy atom. The van der Waals surface area contributed by atoms with Crippen LogP contribution < -0.4 is 21.7 Å². The molecule has 0 fully saturated rings. The molecule has 1 rings (SSSR count). The van der Waals surface area contributed by atoms with E-state index in [9.17, 15) is 34.2 Å². The first-order chi connectivity index (χ1) is 17.9. The van der Waals surface area contributed by atoms with Crippen LogP contribution in [0.4, 0.5) is 0 Å². The van der Waals surface area contributed by atoms with Gasteiger partial charge in [-0.15, -0.1) is 0 Å². The number of carbonyl (C=O) groups excluding carboxylic acids is 3. The molecule has 3 amide bonds. The first kappa shape index (κ1) is 32.7. The van der Waals surface area contributed by atoms with Crippen LogP contribution in [-0.4, -0.2) is 81.2 Å². The maximum absolute atomic E-state index is 13.2. The highest BCUT2D eigenvalue weighted by atomic mass is 32.2. The zero-order chi connectivity index (χ0) is 28.8. The molecule has 0 spiro atoms. The summed E-state index contributed by atoms with van der Waals surface area (Å²) in [5.74, 6) is -4.27. The minimum atomic E-state index is -1.21. The van der Waals surface area contributed by atoms with Gasteiger partial charge in [0.1, 0.15) is 23.9 Å². The number of hydrogen-bond donors (Lipinski definition) is 7. The van der Waals surface area contributed by atoms with E-state index in [0.29, 0.717) is 17.7 Å². The van der Waals surface area contributed by atoms with Gasteiger partial charge in [0.15, 0.2) is 0 Å². The number of hydrogen-bond acceptors (Lipinski definition) is 8. The van der Waals surface area contributed by atoms with E-state index in [2.05, 4.69) is 16.0 Å². The highest BCUT2D eigenvalue weighted by Gasteiger charge is 2.32. The standard InChI is InChI=1S/C25H38N4O8S/c1-4-14(2)21(25(36)37)29-24(35)19(13-15-5-7-16(30)8-6-15)28-23(34)18(11-12-38-3)27-22(33)17(26)9-10-20(31)32/h5-8,14,17-19,21,30H,4,9-13,26H2,1-3H3,(H,27,33)(H,28,34)(H,29,35)(H,31,32)(H,36,37). The van der Waals surface area contributed by atoms with E-state index in [1.807, 2.05) is 6.26 Å². The van der Waals surface area contributed by atoms with Crippen molar-refractivity contribution in [2.75, 3.05) is 12.0 Å². The molecule has 38 heavy (non-hydrogen) atoms. The van der Waals surface area contributed by atoms with Crippen molar-refractivity contribution in [2.45, 2.75) is 70.1 Å². The Morgan fingerprint density at radius 3 is 2.03 bits per heavy atom. The molecule has 12 nitrogen and oxygen atoms in total. The number of thioether (sulfide) groups is 1. The summed E-state index contributed by atoms with van der Waals surface area (Å²) in [6.07, 6.45) is 2.09. The third kappa shape index (κ3) is 11.4. The van der Waals surface area contributed by atoms with E-state index in [0.717, 1.165) is 0 Å². The third-order valence-electron chi connectivity index (χ3n) is 6.04. The highest BCUT2D eigenvalue weighted by molar-refractivity contribution is 7.98. The lowest BCUT2D eigenvalue weighted by atomic mass is 9.98. The average molecular weight is 555 g/mol. The van der Waals surface area contributed by atoms with Crippen LogP contribution in [0.15, 0.2) is 24.3 Å². The van der Waals surface area contributed by atoms with E-state index >= 15 is 0 Å². The Kier molecular flexibility index (Phi) is 14.2. The monoisotopic (exact) mass is 554 g/mol. The fourth-order valence-electron chi connectivity index (χ4n) is 3.48. The molecule has 13 heteroatoms. The molecule has 0 radical (unpaired) electrons. The number of carbonyl (C=O) groups is 5. The van der Waals surface area contributed by atoms with Crippen molar-refractivity contribution in [3.63, 3.8) is 0 Å². The van der Waals surface area contributed by atoms with Crippen LogP contribution in [0.5, 0.6) is 5.75 Å². The molecular weight excluding hydrogens is 516 g/mol. The fraction of sp³-hybridized carbons (Fsp3) is 0.560. The van der Waals surface area contributed by atoms with Gasteiger partial charge in [-0.05, 0) is 48.5 Å². The van der Waals surface area contributed by atoms with Gasteiger partial charge in [0.2, 0.25) is 17.7 Å². The largest absolute Gasteiger partial charge is 0.508 e. The molecule has 1 aromatic rings. The molecular formula is C25H38N4O8S. The van der Waals surface area contributed by atoms with Gasteiger partial charge >= 0.3 is 11.9 Å². The summed E-state index contributed by atoms with van der Waals surface area (Å²) < 4.78 is 0. The third-order valence-corrected chi connectivity index (χ3v) is 6.68. The summed E-state index contributed by atoms with van der Waals surface area (Å²) in [6.45, 7) is 3.48. The van der Waals surface area contributed by atoms with Crippen LogP contribution in [0.2, 0.25) is 0 Å². The van der Waals surface area contributed by atoms with Crippen molar-refractivity contribution in [1.29, 1.82) is 0 Å². The molecule has 0 aliphatic rings. The number of aromatic hydroxyl groups is 1. The molecule has 0 saturated carbocycles. The molecule has 212 valence electrons. The molecule has 0 aliphatic heterocycles. The Hall–Kier alpha value is -3.32. The Morgan fingerprint density at radius 1 is 0.921 bits per heavy atom. The second-order valence-electron chi connectivity index (χ2n) is 9.02. The van der Waals surface area contributed by atoms with E-state index in [-0.39, 0.29) is 37.4 Å². The van der Waals surface area contributed by atoms with Crippen LogP contribution >= 0.6 is 11.8 Å². The predicted octanol–water partition coefficient (Wildman–Crippen LogP) is 0.465. The Labute approximate surface area is 226 Å². The van der Waals surface area contributed by atoms with Gasteiger partial charge in [0, 0.05) is 12.8 Å². The van der Waals surface area contributed by atoms with Crippen LogP contribution in [0.1, 0.15) is 45.1 Å². The Bertz CT molecular complexity index is 959. The van der Waals surface area contributed by atoms with E-state index in [1.165, 1.54) is 23.9 Å². The minimum Gasteiger partial charge on any atom is -0.508 e. The zero-order valence-corrected chi connectivity index (χ0v) is 22.6. The minimum absolute atomic E-state index is 0.00792. The van der Waals surface area contributed by atoms with Crippen molar-refractivity contribution in [3.8, 4) is 5.75 Å². The van der Waals surface area contributed by atoms with Gasteiger partial charge in [-0.2, -0.15) is 11.8 Å². The zero-order valence-electron chi connectivity index (χ0n) is 21.8. The number of amides is 3. The van der Waals surface area contributed by atoms with Gasteiger partial charge in [-0.1, -0.05) is 32.4 Å². The first-order valence-corrected chi connectivity index (χ1v) is 13.7. The predicted molar refractivity (Wildman–Crippen MR) is 143 cm³/mol. The van der Waals surface area contributed by atoms with E-state index < -0.39 is 53.8 Å². The summed E-state index contributed by atoms with van der Waals surface area (Å²) in [6, 6.07) is 1.41. The summed E-state index contributed by atoms with van der Waals surface area (Å²) in [5, 5.41) is 35.6. The van der Waals surface area contributed by atoms with E-state index in [1.54, 1.807) is 26.0 Å². The molecule has 0 aliphatic carbocycles. The second kappa shape index (κ2) is 16.5. The van der Waals surface area contributed by atoms with Gasteiger partial charge in [0.25, 0.3) is 0 Å². The second-order valence-corrected chi connectivity index (χ2v) is 10.0. The number of benzene rings is 1. The topological polar surface area (TPSA) is 208 Å². The highest BCUT2D eigenvalue weighted by Crippen LogP contribution is 2.13. The summed E-state index contributed by atoms with van der Waals surface area (Å²) in [7, 11) is 0. The van der Waals surface area contributed by atoms with Crippen LogP contribution in [-0.2, 0) is 30.4 Å². The number of aliphatic carboxylic acids is 2.